The van der Waals surface area contributed by atoms with E-state index in [9.17, 15) is 13.2 Å². The average molecular weight is 221 g/mol. The largest absolute Gasteiger partial charge is 0.418 e. The topological polar surface area (TPSA) is 71.4 Å². The highest BCUT2D eigenvalue weighted by atomic mass is 19.4. The summed E-state index contributed by atoms with van der Waals surface area (Å²) in [5.74, 6) is 0. The van der Waals surface area contributed by atoms with Crippen LogP contribution in [0.15, 0.2) is 12.1 Å². The van der Waals surface area contributed by atoms with Gasteiger partial charge in [-0.2, -0.15) is 29.0 Å². The average Bonchev–Trinajstić information content (AvgIpc) is 2.25. The third-order valence-corrected chi connectivity index (χ3v) is 1.79. The van der Waals surface area contributed by atoms with Gasteiger partial charge in [0.05, 0.1) is 40.5 Å². The van der Waals surface area contributed by atoms with Gasteiger partial charge in [0.2, 0.25) is 0 Å². The molecule has 0 N–H and O–H groups in total. The molecule has 0 atom stereocenters. The number of nitrogens with zero attached hydrogens (tertiary/aromatic N) is 3. The summed E-state index contributed by atoms with van der Waals surface area (Å²) in [5.41, 5.74) is -2.89. The molecular weight excluding hydrogens is 219 g/mol. The van der Waals surface area contributed by atoms with Crippen molar-refractivity contribution in [2.45, 2.75) is 6.18 Å². The summed E-state index contributed by atoms with van der Waals surface area (Å²) in [7, 11) is 0. The molecule has 0 saturated heterocycles. The third-order valence-electron chi connectivity index (χ3n) is 1.79. The van der Waals surface area contributed by atoms with E-state index in [0.717, 1.165) is 12.1 Å². The monoisotopic (exact) mass is 221 g/mol. The van der Waals surface area contributed by atoms with Gasteiger partial charge in [-0.1, -0.05) is 0 Å². The molecule has 0 bridgehead atoms. The van der Waals surface area contributed by atoms with Crippen molar-refractivity contribution in [1.82, 2.24) is 0 Å². The zero-order valence-corrected chi connectivity index (χ0v) is 7.63. The molecule has 6 heteroatoms. The molecule has 16 heavy (non-hydrogen) atoms. The van der Waals surface area contributed by atoms with Crippen LogP contribution in [0.25, 0.3) is 0 Å². The lowest BCUT2D eigenvalue weighted by Crippen LogP contribution is -2.11. The molecule has 0 aliphatic rings. The summed E-state index contributed by atoms with van der Waals surface area (Å²) in [6.07, 6.45) is -4.79. The van der Waals surface area contributed by atoms with Crippen LogP contribution in [-0.2, 0) is 6.18 Å². The third kappa shape index (κ3) is 1.94. The SMILES string of the molecule is N#Cc1cc(C#N)c(C(F)(F)F)c(C#N)c1. The van der Waals surface area contributed by atoms with Crippen molar-refractivity contribution in [2.75, 3.05) is 0 Å². The Morgan fingerprint density at radius 2 is 1.31 bits per heavy atom. The van der Waals surface area contributed by atoms with Crippen LogP contribution in [0.4, 0.5) is 13.2 Å². The lowest BCUT2D eigenvalue weighted by Gasteiger charge is -2.10. The Morgan fingerprint density at radius 1 is 0.875 bits per heavy atom. The molecule has 0 spiro atoms. The quantitative estimate of drug-likeness (QED) is 0.674. The molecular formula is C10H2F3N3. The molecule has 0 amide bonds. The second-order valence-electron chi connectivity index (χ2n) is 2.78. The fourth-order valence-electron chi connectivity index (χ4n) is 1.19. The fourth-order valence-corrected chi connectivity index (χ4v) is 1.19. The molecule has 0 aromatic heterocycles. The van der Waals surface area contributed by atoms with Gasteiger partial charge in [-0.3, -0.25) is 0 Å². The summed E-state index contributed by atoms with van der Waals surface area (Å²) in [4.78, 5) is 0. The van der Waals surface area contributed by atoms with Crippen molar-refractivity contribution in [1.29, 1.82) is 15.8 Å². The summed E-state index contributed by atoms with van der Waals surface area (Å²) >= 11 is 0. The standard InChI is InChI=1S/C10H2F3N3/c11-10(12,13)9-7(4-15)1-6(3-14)2-8(9)5-16/h1-2H. The van der Waals surface area contributed by atoms with E-state index in [0.29, 0.717) is 0 Å². The zero-order valence-electron chi connectivity index (χ0n) is 7.63. The van der Waals surface area contributed by atoms with E-state index in [1.54, 1.807) is 6.07 Å². The van der Waals surface area contributed by atoms with Crippen LogP contribution in [-0.4, -0.2) is 0 Å². The van der Waals surface area contributed by atoms with E-state index in [4.69, 9.17) is 15.8 Å². The Labute approximate surface area is 88.6 Å². The van der Waals surface area contributed by atoms with E-state index in [1.807, 2.05) is 0 Å². The van der Waals surface area contributed by atoms with E-state index >= 15 is 0 Å². The Bertz CT molecular complexity index is 518. The molecule has 0 radical (unpaired) electrons. The molecule has 0 heterocycles. The number of hydrogen-bond donors (Lipinski definition) is 0. The molecule has 3 nitrogen and oxygen atoms in total. The molecule has 1 rings (SSSR count). The zero-order chi connectivity index (χ0) is 12.3. The van der Waals surface area contributed by atoms with Crippen LogP contribution in [0.5, 0.6) is 0 Å². The van der Waals surface area contributed by atoms with Crippen molar-refractivity contribution in [2.24, 2.45) is 0 Å². The lowest BCUT2D eigenvalue weighted by molar-refractivity contribution is -0.138. The Balaban J connectivity index is 3.69. The summed E-state index contributed by atoms with van der Waals surface area (Å²) in [6, 6.07) is 5.86. The number of benzene rings is 1. The van der Waals surface area contributed by atoms with Gasteiger partial charge < -0.3 is 0 Å². The number of hydrogen-bond acceptors (Lipinski definition) is 3. The highest BCUT2D eigenvalue weighted by molar-refractivity contribution is 5.54. The highest BCUT2D eigenvalue weighted by Crippen LogP contribution is 2.34. The first-order valence-corrected chi connectivity index (χ1v) is 3.89. The smallest absolute Gasteiger partial charge is 0.192 e. The van der Waals surface area contributed by atoms with Gasteiger partial charge >= 0.3 is 6.18 Å². The number of nitriles is 3. The second-order valence-corrected chi connectivity index (χ2v) is 2.78. The molecule has 0 saturated carbocycles. The normalized spacial score (nSPS) is 10.0. The van der Waals surface area contributed by atoms with Crippen molar-refractivity contribution >= 4 is 0 Å². The first-order chi connectivity index (χ1) is 7.43. The first-order valence-electron chi connectivity index (χ1n) is 3.89. The molecule has 0 aliphatic carbocycles. The minimum atomic E-state index is -4.79. The molecule has 1 aromatic carbocycles. The lowest BCUT2D eigenvalue weighted by atomic mass is 9.99. The summed E-state index contributed by atoms with van der Waals surface area (Å²) in [5, 5.41) is 25.6. The van der Waals surface area contributed by atoms with Gasteiger partial charge in [0.15, 0.2) is 0 Å². The maximum atomic E-state index is 12.5. The summed E-state index contributed by atoms with van der Waals surface area (Å²) in [6.45, 7) is 0. The maximum Gasteiger partial charge on any atom is 0.418 e. The van der Waals surface area contributed by atoms with Crippen LogP contribution in [0.2, 0.25) is 0 Å². The molecule has 0 unspecified atom stereocenters. The predicted octanol–water partition coefficient (Wildman–Crippen LogP) is 2.32. The fraction of sp³-hybridized carbons (Fsp3) is 0.100. The first kappa shape index (κ1) is 11.6. The van der Waals surface area contributed by atoms with E-state index in [-0.39, 0.29) is 5.56 Å². The molecule has 78 valence electrons. The number of rotatable bonds is 0. The second kappa shape index (κ2) is 3.92. The van der Waals surface area contributed by atoms with Crippen molar-refractivity contribution < 1.29 is 13.2 Å². The van der Waals surface area contributed by atoms with Crippen LogP contribution in [0.3, 0.4) is 0 Å². The van der Waals surface area contributed by atoms with Gasteiger partial charge in [0.25, 0.3) is 0 Å². The molecule has 0 aliphatic heterocycles. The van der Waals surface area contributed by atoms with Gasteiger partial charge in [0.1, 0.15) is 0 Å². The van der Waals surface area contributed by atoms with Gasteiger partial charge in [-0.15, -0.1) is 0 Å². The van der Waals surface area contributed by atoms with Crippen molar-refractivity contribution in [3.05, 3.63) is 34.4 Å². The maximum absolute atomic E-state index is 12.5. The van der Waals surface area contributed by atoms with Crippen molar-refractivity contribution in [3.8, 4) is 18.2 Å². The summed E-state index contributed by atoms with van der Waals surface area (Å²) < 4.78 is 37.6. The number of halogens is 3. The minimum Gasteiger partial charge on any atom is -0.192 e. The van der Waals surface area contributed by atoms with Crippen molar-refractivity contribution in [3.63, 3.8) is 0 Å². The Hall–Kier alpha value is -2.52. The van der Waals surface area contributed by atoms with Gasteiger partial charge in [0, 0.05) is 0 Å². The van der Waals surface area contributed by atoms with E-state index in [2.05, 4.69) is 0 Å². The minimum absolute atomic E-state index is 0.152. The van der Waals surface area contributed by atoms with Crippen LogP contribution in [0.1, 0.15) is 22.3 Å². The molecule has 1 aromatic rings. The van der Waals surface area contributed by atoms with Gasteiger partial charge in [-0.05, 0) is 12.1 Å². The highest BCUT2D eigenvalue weighted by Gasteiger charge is 2.37. The Morgan fingerprint density at radius 3 is 1.56 bits per heavy atom. The number of alkyl halides is 3. The van der Waals surface area contributed by atoms with E-state index in [1.165, 1.54) is 12.1 Å². The predicted molar refractivity (Wildman–Crippen MR) is 45.6 cm³/mol. The van der Waals surface area contributed by atoms with Crippen LogP contribution >= 0.6 is 0 Å². The Kier molecular flexibility index (Phi) is 2.83. The van der Waals surface area contributed by atoms with Crippen LogP contribution in [0, 0.1) is 34.0 Å². The van der Waals surface area contributed by atoms with E-state index < -0.39 is 22.9 Å². The molecule has 0 fully saturated rings. The van der Waals surface area contributed by atoms with Crippen LogP contribution < -0.4 is 0 Å². The van der Waals surface area contributed by atoms with Gasteiger partial charge in [-0.25, -0.2) is 0 Å².